The van der Waals surface area contributed by atoms with Crippen LogP contribution in [-0.4, -0.2) is 37.5 Å². The molecule has 0 aliphatic heterocycles. The number of rotatable bonds is 6. The van der Waals surface area contributed by atoms with Gasteiger partial charge in [-0.15, -0.1) is 10.2 Å². The summed E-state index contributed by atoms with van der Waals surface area (Å²) in [6.45, 7) is 4.45. The van der Waals surface area contributed by atoms with Gasteiger partial charge in [0.25, 0.3) is 0 Å². The third-order valence-corrected chi connectivity index (χ3v) is 4.56. The Morgan fingerprint density at radius 1 is 1.50 bits per heavy atom. The average molecular weight is 317 g/mol. The second-order valence-electron chi connectivity index (χ2n) is 5.30. The van der Waals surface area contributed by atoms with Crippen LogP contribution in [0.3, 0.4) is 0 Å². The van der Waals surface area contributed by atoms with Crippen molar-refractivity contribution in [1.29, 1.82) is 0 Å². The number of carbonyl (C=O) groups excluding carboxylic acids is 1. The monoisotopic (exact) mass is 317 g/mol. The highest BCUT2D eigenvalue weighted by Gasteiger charge is 2.31. The smallest absolute Gasteiger partial charge is 0.233 e. The topological polar surface area (TPSA) is 72.7 Å². The molecule has 3 rings (SSSR count). The van der Waals surface area contributed by atoms with Gasteiger partial charge in [0.1, 0.15) is 0 Å². The van der Waals surface area contributed by atoms with Crippen molar-refractivity contribution in [3.63, 3.8) is 0 Å². The number of thioether (sulfide) groups is 1. The van der Waals surface area contributed by atoms with Crippen molar-refractivity contribution in [2.75, 3.05) is 6.54 Å². The summed E-state index contributed by atoms with van der Waals surface area (Å²) in [7, 11) is 0. The number of hydrogen-bond donors (Lipinski definition) is 1. The van der Waals surface area contributed by atoms with Crippen LogP contribution in [0.5, 0.6) is 0 Å². The first-order chi connectivity index (χ1) is 10.7. The maximum Gasteiger partial charge on any atom is 0.233 e. The number of nitrogens with one attached hydrogen (secondary N) is 1. The molecule has 0 bridgehead atoms. The molecular formula is C15H19N5OS. The van der Waals surface area contributed by atoms with E-state index in [9.17, 15) is 4.79 Å². The maximum atomic E-state index is 11.9. The van der Waals surface area contributed by atoms with Gasteiger partial charge in [-0.2, -0.15) is 0 Å². The molecule has 0 aromatic carbocycles. The lowest BCUT2D eigenvalue weighted by Gasteiger charge is -2.12. The van der Waals surface area contributed by atoms with E-state index < -0.39 is 0 Å². The Balaban J connectivity index is 1.86. The van der Waals surface area contributed by atoms with Crippen molar-refractivity contribution in [3.8, 4) is 11.4 Å². The number of amides is 1. The Morgan fingerprint density at radius 2 is 2.32 bits per heavy atom. The molecule has 2 heterocycles. The van der Waals surface area contributed by atoms with Crippen LogP contribution in [0, 0.1) is 0 Å². The van der Waals surface area contributed by atoms with E-state index >= 15 is 0 Å². The van der Waals surface area contributed by atoms with Gasteiger partial charge in [-0.05, 0) is 38.8 Å². The van der Waals surface area contributed by atoms with E-state index in [4.69, 9.17) is 0 Å². The zero-order valence-electron chi connectivity index (χ0n) is 12.7. The summed E-state index contributed by atoms with van der Waals surface area (Å²) in [5, 5.41) is 12.1. The predicted molar refractivity (Wildman–Crippen MR) is 85.5 cm³/mol. The molecule has 1 aliphatic carbocycles. The third kappa shape index (κ3) is 3.14. The quantitative estimate of drug-likeness (QED) is 0.828. The molecular weight excluding hydrogens is 298 g/mol. The molecule has 1 amide bonds. The molecule has 6 nitrogen and oxygen atoms in total. The van der Waals surface area contributed by atoms with E-state index in [1.807, 2.05) is 26.0 Å². The van der Waals surface area contributed by atoms with Crippen LogP contribution in [0.1, 0.15) is 32.7 Å². The summed E-state index contributed by atoms with van der Waals surface area (Å²) in [4.78, 5) is 16.1. The molecule has 1 fully saturated rings. The predicted octanol–water partition coefficient (Wildman–Crippen LogP) is 2.29. The summed E-state index contributed by atoms with van der Waals surface area (Å²) < 4.78 is 2.15. The first-order valence-corrected chi connectivity index (χ1v) is 8.38. The molecule has 2 aromatic heterocycles. The van der Waals surface area contributed by atoms with E-state index in [2.05, 4.69) is 25.1 Å². The second-order valence-corrected chi connectivity index (χ2v) is 6.61. The van der Waals surface area contributed by atoms with Crippen molar-refractivity contribution in [2.45, 2.75) is 43.1 Å². The maximum absolute atomic E-state index is 11.9. The molecule has 1 saturated carbocycles. The van der Waals surface area contributed by atoms with E-state index in [0.29, 0.717) is 12.6 Å². The highest BCUT2D eigenvalue weighted by atomic mass is 32.2. The van der Waals surface area contributed by atoms with Crippen LogP contribution in [0.4, 0.5) is 0 Å². The van der Waals surface area contributed by atoms with Crippen molar-refractivity contribution >= 4 is 17.7 Å². The van der Waals surface area contributed by atoms with Gasteiger partial charge < -0.3 is 5.32 Å². The van der Waals surface area contributed by atoms with Crippen LogP contribution in [0.2, 0.25) is 0 Å². The van der Waals surface area contributed by atoms with Gasteiger partial charge in [-0.25, -0.2) is 0 Å². The van der Waals surface area contributed by atoms with Gasteiger partial charge >= 0.3 is 0 Å². The van der Waals surface area contributed by atoms with Crippen LogP contribution >= 0.6 is 11.8 Å². The zero-order valence-corrected chi connectivity index (χ0v) is 13.5. The number of hydrogen-bond acceptors (Lipinski definition) is 5. The molecule has 116 valence electrons. The Bertz CT molecular complexity index is 653. The molecule has 0 unspecified atom stereocenters. The molecule has 1 atom stereocenters. The summed E-state index contributed by atoms with van der Waals surface area (Å²) in [5.74, 6) is 0.863. The molecule has 0 saturated heterocycles. The number of nitrogens with zero attached hydrogens (tertiary/aromatic N) is 4. The van der Waals surface area contributed by atoms with E-state index in [1.54, 1.807) is 12.4 Å². The van der Waals surface area contributed by atoms with Crippen LogP contribution in [-0.2, 0) is 4.79 Å². The number of aromatic nitrogens is 4. The molecule has 22 heavy (non-hydrogen) atoms. The van der Waals surface area contributed by atoms with Crippen LogP contribution < -0.4 is 5.32 Å². The van der Waals surface area contributed by atoms with Gasteiger partial charge in [0.2, 0.25) is 5.91 Å². The standard InChI is InChI=1S/C15H19N5OS/c1-3-17-14(21)10(2)22-15-19-18-13(20(15)12-6-7-12)11-5-4-8-16-9-11/h4-5,8-10,12H,3,6-7H2,1-2H3,(H,17,21)/t10-/m1/s1. The minimum Gasteiger partial charge on any atom is -0.355 e. The normalized spacial score (nSPS) is 15.5. The Kier molecular flexibility index (Phi) is 4.42. The summed E-state index contributed by atoms with van der Waals surface area (Å²) in [5.41, 5.74) is 0.958. The first-order valence-electron chi connectivity index (χ1n) is 7.50. The largest absolute Gasteiger partial charge is 0.355 e. The van der Waals surface area contributed by atoms with Crippen molar-refractivity contribution in [1.82, 2.24) is 25.1 Å². The highest BCUT2D eigenvalue weighted by molar-refractivity contribution is 8.00. The van der Waals surface area contributed by atoms with Crippen LogP contribution in [0.25, 0.3) is 11.4 Å². The van der Waals surface area contributed by atoms with Gasteiger partial charge in [0.05, 0.1) is 5.25 Å². The SMILES string of the molecule is CCNC(=O)[C@@H](C)Sc1nnc(-c2cccnc2)n1C1CC1. The molecule has 0 radical (unpaired) electrons. The highest BCUT2D eigenvalue weighted by Crippen LogP contribution is 2.41. The minimum atomic E-state index is -0.191. The fourth-order valence-electron chi connectivity index (χ4n) is 2.24. The van der Waals surface area contributed by atoms with Gasteiger partial charge in [0.15, 0.2) is 11.0 Å². The Morgan fingerprint density at radius 3 is 2.95 bits per heavy atom. The van der Waals surface area contributed by atoms with Gasteiger partial charge in [-0.1, -0.05) is 11.8 Å². The fraction of sp³-hybridized carbons (Fsp3) is 0.467. The number of carbonyl (C=O) groups is 1. The summed E-state index contributed by atoms with van der Waals surface area (Å²) in [6, 6.07) is 4.32. The third-order valence-electron chi connectivity index (χ3n) is 3.50. The lowest BCUT2D eigenvalue weighted by Crippen LogP contribution is -2.30. The van der Waals surface area contributed by atoms with E-state index in [1.165, 1.54) is 11.8 Å². The van der Waals surface area contributed by atoms with Crippen LogP contribution in [0.15, 0.2) is 29.7 Å². The molecule has 1 aliphatic rings. The van der Waals surface area contributed by atoms with E-state index in [-0.39, 0.29) is 11.2 Å². The lowest BCUT2D eigenvalue weighted by molar-refractivity contribution is -0.120. The Hall–Kier alpha value is -1.89. The van der Waals surface area contributed by atoms with E-state index in [0.717, 1.165) is 29.4 Å². The van der Waals surface area contributed by atoms with Gasteiger partial charge in [-0.3, -0.25) is 14.3 Å². The minimum absolute atomic E-state index is 0.0285. The van der Waals surface area contributed by atoms with Crippen molar-refractivity contribution in [3.05, 3.63) is 24.5 Å². The van der Waals surface area contributed by atoms with Gasteiger partial charge in [0, 0.05) is 30.5 Å². The van der Waals surface area contributed by atoms with Crippen molar-refractivity contribution < 1.29 is 4.79 Å². The molecule has 7 heteroatoms. The summed E-state index contributed by atoms with van der Waals surface area (Å²) >= 11 is 1.46. The second kappa shape index (κ2) is 6.48. The molecule has 0 spiro atoms. The first kappa shape index (κ1) is 15.0. The molecule has 2 aromatic rings. The lowest BCUT2D eigenvalue weighted by atomic mass is 10.3. The van der Waals surface area contributed by atoms with Crippen molar-refractivity contribution in [2.24, 2.45) is 0 Å². The zero-order chi connectivity index (χ0) is 15.5. The molecule has 1 N–H and O–H groups in total. The fourth-order valence-corrected chi connectivity index (χ4v) is 3.18. The number of pyridine rings is 1. The average Bonchev–Trinajstić information content (AvgIpc) is 3.29. The summed E-state index contributed by atoms with van der Waals surface area (Å²) in [6.07, 6.45) is 5.81. The Labute approximate surface area is 133 Å².